The maximum absolute atomic E-state index is 12.4. The molecule has 0 unspecified atom stereocenters. The number of rotatable bonds is 2. The second-order valence-electron chi connectivity index (χ2n) is 5.78. The van der Waals surface area contributed by atoms with Crippen molar-refractivity contribution in [1.29, 1.82) is 0 Å². The van der Waals surface area contributed by atoms with Crippen LogP contribution in [-0.2, 0) is 9.47 Å². The van der Waals surface area contributed by atoms with Crippen LogP contribution in [-0.4, -0.2) is 34.3 Å². The molecule has 0 aliphatic heterocycles. The standard InChI is InChI=1S/C16H17BrN2O4/c1-16(2,3)23-15(21)19-12(7-8-13(19)17)11-6-5-10(9-18-11)14(20)22-4/h5-9H,1-4H3. The third-order valence-electron chi connectivity index (χ3n) is 2.86. The van der Waals surface area contributed by atoms with Crippen molar-refractivity contribution < 1.29 is 19.1 Å². The summed E-state index contributed by atoms with van der Waals surface area (Å²) in [6.07, 6.45) is 0.893. The first-order chi connectivity index (χ1) is 10.7. The molecule has 2 aromatic rings. The summed E-state index contributed by atoms with van der Waals surface area (Å²) in [5, 5.41) is 0. The number of aromatic nitrogens is 2. The molecule has 0 aromatic carbocycles. The van der Waals surface area contributed by atoms with Crippen molar-refractivity contribution in [2.45, 2.75) is 26.4 Å². The highest BCUT2D eigenvalue weighted by molar-refractivity contribution is 9.10. The van der Waals surface area contributed by atoms with Crippen molar-refractivity contribution in [2.24, 2.45) is 0 Å². The fourth-order valence-corrected chi connectivity index (χ4v) is 2.36. The number of hydrogen-bond acceptors (Lipinski definition) is 5. The first-order valence-electron chi connectivity index (χ1n) is 6.88. The maximum Gasteiger partial charge on any atom is 0.419 e. The maximum atomic E-state index is 12.4. The van der Waals surface area contributed by atoms with E-state index in [0.29, 0.717) is 21.6 Å². The first kappa shape index (κ1) is 17.2. The number of halogens is 1. The smallest absolute Gasteiger partial charge is 0.419 e. The summed E-state index contributed by atoms with van der Waals surface area (Å²) >= 11 is 3.33. The van der Waals surface area contributed by atoms with Crippen molar-refractivity contribution in [1.82, 2.24) is 9.55 Å². The molecule has 7 heteroatoms. The molecule has 2 aromatic heterocycles. The second-order valence-corrected chi connectivity index (χ2v) is 6.59. The lowest BCUT2D eigenvalue weighted by molar-refractivity contribution is 0.0534. The summed E-state index contributed by atoms with van der Waals surface area (Å²) in [5.41, 5.74) is 0.822. The van der Waals surface area contributed by atoms with Crippen LogP contribution in [0.15, 0.2) is 35.1 Å². The number of nitrogens with zero attached hydrogens (tertiary/aromatic N) is 2. The molecule has 2 heterocycles. The minimum atomic E-state index is -0.611. The summed E-state index contributed by atoms with van der Waals surface area (Å²) in [6, 6.07) is 6.71. The van der Waals surface area contributed by atoms with Gasteiger partial charge in [-0.15, -0.1) is 0 Å². The van der Waals surface area contributed by atoms with E-state index in [4.69, 9.17) is 4.74 Å². The monoisotopic (exact) mass is 380 g/mol. The van der Waals surface area contributed by atoms with E-state index < -0.39 is 17.7 Å². The molecule has 0 saturated heterocycles. The molecule has 0 fully saturated rings. The number of ether oxygens (including phenoxy) is 2. The highest BCUT2D eigenvalue weighted by Crippen LogP contribution is 2.26. The van der Waals surface area contributed by atoms with E-state index in [-0.39, 0.29) is 0 Å². The Morgan fingerprint density at radius 3 is 2.39 bits per heavy atom. The van der Waals surface area contributed by atoms with Crippen LogP contribution in [0.25, 0.3) is 11.4 Å². The van der Waals surface area contributed by atoms with Gasteiger partial charge < -0.3 is 9.47 Å². The fraction of sp³-hybridized carbons (Fsp3) is 0.312. The summed E-state index contributed by atoms with van der Waals surface area (Å²) in [7, 11) is 1.31. The second kappa shape index (κ2) is 6.54. The van der Waals surface area contributed by atoms with Gasteiger partial charge in [-0.1, -0.05) is 0 Å². The molecule has 23 heavy (non-hydrogen) atoms. The molecule has 0 aliphatic rings. The van der Waals surface area contributed by atoms with E-state index in [1.807, 2.05) is 0 Å². The number of pyridine rings is 1. The summed E-state index contributed by atoms with van der Waals surface area (Å²) < 4.78 is 12.0. The number of esters is 1. The third-order valence-corrected chi connectivity index (χ3v) is 3.48. The number of carbonyl (C=O) groups is 2. The van der Waals surface area contributed by atoms with Gasteiger partial charge in [-0.3, -0.25) is 4.98 Å². The predicted octanol–water partition coefficient (Wildman–Crippen LogP) is 3.88. The zero-order chi connectivity index (χ0) is 17.2. The zero-order valence-corrected chi connectivity index (χ0v) is 14.9. The normalized spacial score (nSPS) is 11.2. The van der Waals surface area contributed by atoms with Gasteiger partial charge in [0, 0.05) is 6.20 Å². The van der Waals surface area contributed by atoms with Crippen molar-refractivity contribution in [3.8, 4) is 11.4 Å². The highest BCUT2D eigenvalue weighted by atomic mass is 79.9. The minimum Gasteiger partial charge on any atom is -0.465 e. The van der Waals surface area contributed by atoms with Crippen LogP contribution in [0.5, 0.6) is 0 Å². The Bertz CT molecular complexity index is 730. The molecule has 0 radical (unpaired) electrons. The van der Waals surface area contributed by atoms with E-state index in [0.717, 1.165) is 0 Å². The minimum absolute atomic E-state index is 0.339. The van der Waals surface area contributed by atoms with Crippen LogP contribution in [0.1, 0.15) is 31.1 Å². The molecule has 6 nitrogen and oxygen atoms in total. The van der Waals surface area contributed by atoms with E-state index in [1.165, 1.54) is 17.9 Å². The molecule has 0 amide bonds. The predicted molar refractivity (Wildman–Crippen MR) is 88.3 cm³/mol. The average molecular weight is 381 g/mol. The molecule has 0 bridgehead atoms. The van der Waals surface area contributed by atoms with Crippen molar-refractivity contribution in [3.63, 3.8) is 0 Å². The Morgan fingerprint density at radius 2 is 1.87 bits per heavy atom. The molecule has 0 saturated carbocycles. The van der Waals surface area contributed by atoms with E-state index in [2.05, 4.69) is 25.7 Å². The van der Waals surface area contributed by atoms with Gasteiger partial charge in [0.25, 0.3) is 0 Å². The highest BCUT2D eigenvalue weighted by Gasteiger charge is 2.22. The van der Waals surface area contributed by atoms with E-state index in [9.17, 15) is 9.59 Å². The summed E-state index contributed by atoms with van der Waals surface area (Å²) in [6.45, 7) is 5.39. The lowest BCUT2D eigenvalue weighted by Gasteiger charge is -2.20. The van der Waals surface area contributed by atoms with Gasteiger partial charge in [-0.05, 0) is 61.0 Å². The van der Waals surface area contributed by atoms with Gasteiger partial charge >= 0.3 is 12.1 Å². The topological polar surface area (TPSA) is 70.4 Å². The largest absolute Gasteiger partial charge is 0.465 e. The zero-order valence-electron chi connectivity index (χ0n) is 13.3. The van der Waals surface area contributed by atoms with Crippen LogP contribution in [0.2, 0.25) is 0 Å². The van der Waals surface area contributed by atoms with Crippen LogP contribution < -0.4 is 0 Å². The van der Waals surface area contributed by atoms with Crippen LogP contribution in [0.4, 0.5) is 4.79 Å². The average Bonchev–Trinajstić information content (AvgIpc) is 2.86. The van der Waals surface area contributed by atoms with Crippen molar-refractivity contribution in [2.75, 3.05) is 7.11 Å². The van der Waals surface area contributed by atoms with Gasteiger partial charge in [-0.2, -0.15) is 0 Å². The molecule has 0 atom stereocenters. The number of methoxy groups -OCH3 is 1. The summed E-state index contributed by atoms with van der Waals surface area (Å²) in [5.74, 6) is -0.465. The number of carbonyl (C=O) groups excluding carboxylic acids is 2. The Kier molecular flexibility index (Phi) is 4.89. The van der Waals surface area contributed by atoms with Crippen LogP contribution >= 0.6 is 15.9 Å². The Hall–Kier alpha value is -2.15. The van der Waals surface area contributed by atoms with Crippen LogP contribution in [0, 0.1) is 0 Å². The SMILES string of the molecule is COC(=O)c1ccc(-c2ccc(Br)n2C(=O)OC(C)(C)C)nc1. The van der Waals surface area contributed by atoms with E-state index >= 15 is 0 Å². The Morgan fingerprint density at radius 1 is 1.17 bits per heavy atom. The van der Waals surface area contributed by atoms with Gasteiger partial charge in [-0.25, -0.2) is 14.2 Å². The van der Waals surface area contributed by atoms with Gasteiger partial charge in [0.15, 0.2) is 0 Å². The molecular formula is C16H17BrN2O4. The third kappa shape index (κ3) is 3.98. The van der Waals surface area contributed by atoms with Crippen molar-refractivity contribution >= 4 is 28.0 Å². The first-order valence-corrected chi connectivity index (χ1v) is 7.67. The van der Waals surface area contributed by atoms with Crippen molar-refractivity contribution in [3.05, 3.63) is 40.6 Å². The Labute approximate surface area is 142 Å². The van der Waals surface area contributed by atoms with Gasteiger partial charge in [0.1, 0.15) is 5.60 Å². The molecule has 0 aliphatic carbocycles. The molecular weight excluding hydrogens is 364 g/mol. The van der Waals surface area contributed by atoms with Gasteiger partial charge in [0.05, 0.1) is 28.7 Å². The molecule has 2 rings (SSSR count). The molecule has 0 N–H and O–H groups in total. The number of hydrogen-bond donors (Lipinski definition) is 0. The Balaban J connectivity index is 2.38. The molecule has 0 spiro atoms. The van der Waals surface area contributed by atoms with E-state index in [1.54, 1.807) is 45.0 Å². The van der Waals surface area contributed by atoms with Gasteiger partial charge in [0.2, 0.25) is 0 Å². The fourth-order valence-electron chi connectivity index (χ4n) is 1.89. The summed E-state index contributed by atoms with van der Waals surface area (Å²) in [4.78, 5) is 28.0. The lowest BCUT2D eigenvalue weighted by Crippen LogP contribution is -2.27. The lowest BCUT2D eigenvalue weighted by atomic mass is 10.2. The van der Waals surface area contributed by atoms with Crippen LogP contribution in [0.3, 0.4) is 0 Å². The molecule has 122 valence electrons. The quantitative estimate of drug-likeness (QED) is 0.739.